The van der Waals surface area contributed by atoms with Gasteiger partial charge in [0, 0.05) is 29.7 Å². The Morgan fingerprint density at radius 1 is 0.744 bits per heavy atom. The Bertz CT molecular complexity index is 1980. The molecular weight excluding hydrogens is 518 g/mol. The summed E-state index contributed by atoms with van der Waals surface area (Å²) in [6, 6.07) is 42.9. The molecule has 0 spiro atoms. The van der Waals surface area contributed by atoms with Crippen molar-refractivity contribution in [2.75, 3.05) is 6.54 Å². The van der Waals surface area contributed by atoms with Gasteiger partial charge in [0.2, 0.25) is 0 Å². The third-order valence-electron chi connectivity index (χ3n) is 9.70. The first kappa shape index (κ1) is 25.8. The van der Waals surface area contributed by atoms with E-state index in [9.17, 15) is 0 Å². The molecule has 0 aromatic heterocycles. The number of allylic oxidation sites excluding steroid dienone is 3. The van der Waals surface area contributed by atoms with Crippen LogP contribution in [0.4, 0.5) is 0 Å². The number of nitrogens with zero attached hydrogens (tertiary/aromatic N) is 1. The summed E-state index contributed by atoms with van der Waals surface area (Å²) in [5.41, 5.74) is 17.3. The molecule has 5 aromatic carbocycles. The highest BCUT2D eigenvalue weighted by Gasteiger charge is 2.38. The van der Waals surface area contributed by atoms with Crippen LogP contribution in [0.15, 0.2) is 120 Å². The molecule has 1 heteroatoms. The molecule has 1 unspecified atom stereocenters. The van der Waals surface area contributed by atoms with Crippen LogP contribution in [0.25, 0.3) is 39.0 Å². The number of benzene rings is 4. The summed E-state index contributed by atoms with van der Waals surface area (Å²) in [5, 5.41) is 0. The van der Waals surface area contributed by atoms with Crippen LogP contribution in [0, 0.1) is 12.1 Å². The van der Waals surface area contributed by atoms with Crippen LogP contribution in [0.3, 0.4) is 0 Å². The highest BCUT2D eigenvalue weighted by molar-refractivity contribution is 5.89. The van der Waals surface area contributed by atoms with Crippen LogP contribution in [0.5, 0.6) is 0 Å². The molecular formula is C42H33N. The van der Waals surface area contributed by atoms with Crippen molar-refractivity contribution < 1.29 is 0 Å². The minimum atomic E-state index is -0.134. The highest BCUT2D eigenvalue weighted by atomic mass is 14.7. The second kappa shape index (κ2) is 10.1. The van der Waals surface area contributed by atoms with Crippen LogP contribution in [-0.4, -0.2) is 12.8 Å². The van der Waals surface area contributed by atoms with E-state index in [1.807, 2.05) is 18.4 Å². The third kappa shape index (κ3) is 4.13. The van der Waals surface area contributed by atoms with Gasteiger partial charge in [-0.05, 0) is 97.8 Å². The molecule has 5 aromatic rings. The van der Waals surface area contributed by atoms with Gasteiger partial charge in [-0.1, -0.05) is 123 Å². The molecule has 3 aliphatic rings. The Hall–Kier alpha value is -4.93. The van der Waals surface area contributed by atoms with Gasteiger partial charge in [-0.3, -0.25) is 4.99 Å². The summed E-state index contributed by atoms with van der Waals surface area (Å²) >= 11 is 0. The van der Waals surface area contributed by atoms with E-state index in [0.29, 0.717) is 0 Å². The van der Waals surface area contributed by atoms with Crippen LogP contribution in [0.1, 0.15) is 59.6 Å². The Kier molecular flexibility index (Phi) is 6.06. The van der Waals surface area contributed by atoms with Crippen molar-refractivity contribution in [2.24, 2.45) is 4.99 Å². The molecule has 1 aliphatic heterocycles. The number of hydrogen-bond acceptors (Lipinski definition) is 1. The lowest BCUT2D eigenvalue weighted by Crippen LogP contribution is -2.17. The fourth-order valence-corrected chi connectivity index (χ4v) is 7.69. The smallest absolute Gasteiger partial charge is 0.0429 e. The summed E-state index contributed by atoms with van der Waals surface area (Å²) in [4.78, 5) is 4.56. The fraction of sp³-hybridized carbons (Fsp3) is 0.167. The van der Waals surface area contributed by atoms with E-state index in [1.165, 1.54) is 72.3 Å². The van der Waals surface area contributed by atoms with Gasteiger partial charge in [0.25, 0.3) is 0 Å². The molecule has 0 N–H and O–H groups in total. The molecule has 1 atom stereocenters. The van der Waals surface area contributed by atoms with Gasteiger partial charge < -0.3 is 0 Å². The van der Waals surface area contributed by atoms with Crippen LogP contribution >= 0.6 is 0 Å². The van der Waals surface area contributed by atoms with Crippen LogP contribution in [0.2, 0.25) is 0 Å². The first-order valence-electron chi connectivity index (χ1n) is 15.4. The minimum Gasteiger partial charge on any atom is -0.293 e. The molecule has 43 heavy (non-hydrogen) atoms. The highest BCUT2D eigenvalue weighted by Crippen LogP contribution is 2.53. The Labute approximate surface area is 255 Å². The predicted octanol–water partition coefficient (Wildman–Crippen LogP) is 10.0. The number of aliphatic imine (C=N–C) groups is 1. The van der Waals surface area contributed by atoms with Crippen molar-refractivity contribution >= 4 is 11.8 Å². The second-order valence-corrected chi connectivity index (χ2v) is 12.4. The molecule has 1 nitrogen and oxygen atoms in total. The van der Waals surface area contributed by atoms with Crippen molar-refractivity contribution in [1.82, 2.24) is 0 Å². The molecule has 0 radical (unpaired) electrons. The van der Waals surface area contributed by atoms with Crippen LogP contribution in [-0.2, 0) is 11.8 Å². The molecule has 0 saturated heterocycles. The van der Waals surface area contributed by atoms with E-state index >= 15 is 0 Å². The fourth-order valence-electron chi connectivity index (χ4n) is 7.69. The first-order chi connectivity index (χ1) is 21.1. The number of fused-ring (bicyclic) bond motifs is 6. The average Bonchev–Trinajstić information content (AvgIpc) is 3.27. The molecule has 0 saturated carbocycles. The van der Waals surface area contributed by atoms with Crippen molar-refractivity contribution in [3.05, 3.63) is 161 Å². The van der Waals surface area contributed by atoms with Crippen molar-refractivity contribution in [3.63, 3.8) is 0 Å². The Morgan fingerprint density at radius 3 is 2.47 bits per heavy atom. The van der Waals surface area contributed by atoms with E-state index in [-0.39, 0.29) is 11.3 Å². The van der Waals surface area contributed by atoms with Gasteiger partial charge in [-0.25, -0.2) is 0 Å². The summed E-state index contributed by atoms with van der Waals surface area (Å²) in [6.07, 6.45) is 10.2. The lowest BCUT2D eigenvalue weighted by atomic mass is 9.72. The van der Waals surface area contributed by atoms with Crippen molar-refractivity contribution in [3.8, 4) is 33.4 Å². The first-order valence-corrected chi connectivity index (χ1v) is 15.4. The maximum atomic E-state index is 4.56. The molecule has 0 amide bonds. The van der Waals surface area contributed by atoms with E-state index < -0.39 is 0 Å². The predicted molar refractivity (Wildman–Crippen MR) is 180 cm³/mol. The van der Waals surface area contributed by atoms with E-state index in [2.05, 4.69) is 134 Å². The van der Waals surface area contributed by atoms with Crippen LogP contribution < -0.4 is 0 Å². The quantitative estimate of drug-likeness (QED) is 0.212. The summed E-state index contributed by atoms with van der Waals surface area (Å²) in [7, 11) is 0. The van der Waals surface area contributed by atoms with E-state index in [0.717, 1.165) is 19.4 Å². The lowest BCUT2D eigenvalue weighted by molar-refractivity contribution is 0.662. The van der Waals surface area contributed by atoms with Gasteiger partial charge in [0.05, 0.1) is 0 Å². The van der Waals surface area contributed by atoms with Gasteiger partial charge >= 0.3 is 0 Å². The molecule has 0 fully saturated rings. The van der Waals surface area contributed by atoms with E-state index in [4.69, 9.17) is 0 Å². The third-order valence-corrected chi connectivity index (χ3v) is 9.70. The SMILES string of the molecule is CC1(C)c2ccc#cc2-c2cccc(-c3ccc(/C4=C/C=C\C=NCC4)cc3C3Cc4ccccc4-c4ccccc43)c21. The molecule has 8 rings (SSSR count). The normalized spacial score (nSPS) is 19.4. The lowest BCUT2D eigenvalue weighted by Gasteiger charge is -2.31. The molecule has 2 aliphatic carbocycles. The summed E-state index contributed by atoms with van der Waals surface area (Å²) < 4.78 is 0. The molecule has 206 valence electrons. The average molecular weight is 552 g/mol. The number of rotatable bonds is 3. The van der Waals surface area contributed by atoms with Gasteiger partial charge in [0.1, 0.15) is 0 Å². The summed E-state index contributed by atoms with van der Waals surface area (Å²) in [6.45, 7) is 5.53. The maximum absolute atomic E-state index is 4.56. The largest absolute Gasteiger partial charge is 0.293 e. The Morgan fingerprint density at radius 2 is 1.53 bits per heavy atom. The van der Waals surface area contributed by atoms with E-state index in [1.54, 1.807) is 0 Å². The molecule has 0 bridgehead atoms. The van der Waals surface area contributed by atoms with Gasteiger partial charge in [-0.15, -0.1) is 0 Å². The number of hydrogen-bond donors (Lipinski definition) is 0. The van der Waals surface area contributed by atoms with Gasteiger partial charge in [0.15, 0.2) is 0 Å². The van der Waals surface area contributed by atoms with Crippen molar-refractivity contribution in [2.45, 2.75) is 38.0 Å². The zero-order valence-electron chi connectivity index (χ0n) is 24.7. The second-order valence-electron chi connectivity index (χ2n) is 12.4. The maximum Gasteiger partial charge on any atom is 0.0429 e. The standard InChI is InChI=1S/C42H33N/c1-42(2)40-20-8-7-17-35(40)37-19-11-18-36(41(37)42)34-22-21-29(28-12-9-10-24-43-25-23-28)26-38(34)39-27-30-13-3-4-14-31(30)32-15-5-6-16-33(32)39/h3-6,8-16,18-22,24,26,39H,23,25,27H2,1-2H3/b10-9-,28-12+,43-24?. The Balaban J connectivity index is 1.38. The van der Waals surface area contributed by atoms with Gasteiger partial charge in [-0.2, -0.15) is 0 Å². The minimum absolute atomic E-state index is 0.134. The summed E-state index contributed by atoms with van der Waals surface area (Å²) in [5.74, 6) is 0.242. The van der Waals surface area contributed by atoms with Crippen molar-refractivity contribution in [1.29, 1.82) is 0 Å². The molecule has 1 heterocycles. The monoisotopic (exact) mass is 551 g/mol. The topological polar surface area (TPSA) is 12.4 Å². The zero-order chi connectivity index (χ0) is 29.0. The zero-order valence-corrected chi connectivity index (χ0v) is 24.7.